The predicted molar refractivity (Wildman–Crippen MR) is 108 cm³/mol. The molecule has 9 nitrogen and oxygen atoms in total. The minimum atomic E-state index is -3.78. The van der Waals surface area contributed by atoms with Crippen LogP contribution in [-0.2, 0) is 14.8 Å². The quantitative estimate of drug-likeness (QED) is 0.698. The van der Waals surface area contributed by atoms with Crippen LogP contribution in [0.25, 0.3) is 0 Å². The van der Waals surface area contributed by atoms with Gasteiger partial charge in [0.05, 0.1) is 14.2 Å². The van der Waals surface area contributed by atoms with Crippen molar-refractivity contribution in [1.82, 2.24) is 9.21 Å². The number of amides is 1. The summed E-state index contributed by atoms with van der Waals surface area (Å²) in [5.74, 6) is 0.877. The number of phenolic OH excluding ortho intramolecular Hbond substituents is 1. The zero-order chi connectivity index (χ0) is 21.7. The number of phenols is 1. The molecule has 0 saturated carbocycles. The lowest BCUT2D eigenvalue weighted by Crippen LogP contribution is -2.51. The van der Waals surface area contributed by atoms with E-state index < -0.39 is 10.0 Å². The molecular weight excluding hydrogens is 412 g/mol. The van der Waals surface area contributed by atoms with Crippen molar-refractivity contribution in [2.24, 2.45) is 0 Å². The Labute approximate surface area is 175 Å². The van der Waals surface area contributed by atoms with Gasteiger partial charge >= 0.3 is 0 Å². The molecular formula is C20H24N2O7S. The van der Waals surface area contributed by atoms with Crippen LogP contribution in [0.3, 0.4) is 0 Å². The zero-order valence-electron chi connectivity index (χ0n) is 16.8. The van der Waals surface area contributed by atoms with Gasteiger partial charge in [-0.05, 0) is 24.3 Å². The smallest absolute Gasteiger partial charge is 0.260 e. The summed E-state index contributed by atoms with van der Waals surface area (Å²) < 4.78 is 43.1. The molecule has 1 heterocycles. The fraction of sp³-hybridized carbons (Fsp3) is 0.350. The SMILES string of the molecule is COc1ccc(S(=O)(=O)N2CCN(C(=O)COc3cccc(O)c3)CC2)c(OC)c1. The largest absolute Gasteiger partial charge is 0.508 e. The van der Waals surface area contributed by atoms with E-state index in [0.29, 0.717) is 11.5 Å². The van der Waals surface area contributed by atoms with Crippen LogP contribution in [0.1, 0.15) is 0 Å². The maximum atomic E-state index is 13.0. The number of benzene rings is 2. The molecule has 1 amide bonds. The van der Waals surface area contributed by atoms with Crippen LogP contribution in [0.2, 0.25) is 0 Å². The molecule has 162 valence electrons. The minimum absolute atomic E-state index is 0.0488. The summed E-state index contributed by atoms with van der Waals surface area (Å²) in [6.07, 6.45) is 0. The Kier molecular flexibility index (Phi) is 6.68. The van der Waals surface area contributed by atoms with E-state index in [1.54, 1.807) is 23.1 Å². The van der Waals surface area contributed by atoms with E-state index in [9.17, 15) is 18.3 Å². The lowest BCUT2D eigenvalue weighted by molar-refractivity contribution is -0.134. The highest BCUT2D eigenvalue weighted by Gasteiger charge is 2.32. The van der Waals surface area contributed by atoms with Gasteiger partial charge in [0.2, 0.25) is 10.0 Å². The average Bonchev–Trinajstić information content (AvgIpc) is 2.77. The monoisotopic (exact) mass is 436 g/mol. The first kappa shape index (κ1) is 21.7. The van der Waals surface area contributed by atoms with Crippen molar-refractivity contribution in [2.75, 3.05) is 47.0 Å². The molecule has 10 heteroatoms. The summed E-state index contributed by atoms with van der Waals surface area (Å²) in [5.41, 5.74) is 0. The van der Waals surface area contributed by atoms with E-state index >= 15 is 0 Å². The van der Waals surface area contributed by atoms with Crippen LogP contribution in [0.15, 0.2) is 47.4 Å². The third kappa shape index (κ3) is 4.77. The van der Waals surface area contributed by atoms with Crippen molar-refractivity contribution in [2.45, 2.75) is 4.90 Å². The molecule has 1 aliphatic heterocycles. The summed E-state index contributed by atoms with van der Waals surface area (Å²) in [6, 6.07) is 10.7. The van der Waals surface area contributed by atoms with Crippen molar-refractivity contribution in [3.8, 4) is 23.0 Å². The summed E-state index contributed by atoms with van der Waals surface area (Å²) in [4.78, 5) is 14.0. The molecule has 0 radical (unpaired) electrons. The van der Waals surface area contributed by atoms with Gasteiger partial charge in [-0.2, -0.15) is 4.31 Å². The lowest BCUT2D eigenvalue weighted by Gasteiger charge is -2.34. The predicted octanol–water partition coefficient (Wildman–Crippen LogP) is 1.32. The summed E-state index contributed by atoms with van der Waals surface area (Å²) in [6.45, 7) is 0.632. The highest BCUT2D eigenvalue weighted by Crippen LogP contribution is 2.31. The van der Waals surface area contributed by atoms with E-state index in [0.717, 1.165) is 0 Å². The van der Waals surface area contributed by atoms with Gasteiger partial charge in [0, 0.05) is 38.3 Å². The number of hydrogen-bond donors (Lipinski definition) is 1. The van der Waals surface area contributed by atoms with Crippen molar-refractivity contribution >= 4 is 15.9 Å². The van der Waals surface area contributed by atoms with Crippen LogP contribution in [-0.4, -0.2) is 75.6 Å². The Morgan fingerprint density at radius 3 is 2.37 bits per heavy atom. The zero-order valence-corrected chi connectivity index (χ0v) is 17.6. The van der Waals surface area contributed by atoms with E-state index in [4.69, 9.17) is 14.2 Å². The number of ether oxygens (including phenoxy) is 3. The molecule has 0 aliphatic carbocycles. The molecule has 2 aromatic rings. The molecule has 1 saturated heterocycles. The van der Waals surface area contributed by atoms with Crippen molar-refractivity contribution in [3.05, 3.63) is 42.5 Å². The van der Waals surface area contributed by atoms with E-state index in [1.165, 1.54) is 42.8 Å². The Morgan fingerprint density at radius 1 is 1.00 bits per heavy atom. The molecule has 2 aromatic carbocycles. The lowest BCUT2D eigenvalue weighted by atomic mass is 10.3. The first-order valence-corrected chi connectivity index (χ1v) is 10.7. The van der Waals surface area contributed by atoms with Gasteiger partial charge in [-0.25, -0.2) is 8.42 Å². The number of hydrogen-bond acceptors (Lipinski definition) is 7. The molecule has 0 unspecified atom stereocenters. The van der Waals surface area contributed by atoms with E-state index in [1.807, 2.05) is 0 Å². The number of carbonyl (C=O) groups excluding carboxylic acids is 1. The molecule has 30 heavy (non-hydrogen) atoms. The highest BCUT2D eigenvalue weighted by molar-refractivity contribution is 7.89. The van der Waals surface area contributed by atoms with Gasteiger partial charge in [0.25, 0.3) is 5.91 Å². The topological polar surface area (TPSA) is 106 Å². The van der Waals surface area contributed by atoms with Crippen LogP contribution in [0.5, 0.6) is 23.0 Å². The molecule has 0 bridgehead atoms. The first-order chi connectivity index (χ1) is 14.3. The van der Waals surface area contributed by atoms with Crippen LogP contribution in [0, 0.1) is 0 Å². The fourth-order valence-corrected chi connectivity index (χ4v) is 4.67. The minimum Gasteiger partial charge on any atom is -0.508 e. The van der Waals surface area contributed by atoms with Gasteiger partial charge in [-0.15, -0.1) is 0 Å². The summed E-state index contributed by atoms with van der Waals surface area (Å²) in [5, 5.41) is 9.44. The maximum absolute atomic E-state index is 13.0. The Morgan fingerprint density at radius 2 is 1.73 bits per heavy atom. The molecule has 0 atom stereocenters. The van der Waals surface area contributed by atoms with Gasteiger partial charge in [-0.3, -0.25) is 4.79 Å². The highest BCUT2D eigenvalue weighted by atomic mass is 32.2. The normalized spacial score (nSPS) is 14.9. The van der Waals surface area contributed by atoms with Gasteiger partial charge < -0.3 is 24.2 Å². The fourth-order valence-electron chi connectivity index (χ4n) is 3.11. The van der Waals surface area contributed by atoms with E-state index in [2.05, 4.69) is 0 Å². The van der Waals surface area contributed by atoms with Gasteiger partial charge in [-0.1, -0.05) is 6.07 Å². The molecule has 0 spiro atoms. The van der Waals surface area contributed by atoms with E-state index in [-0.39, 0.29) is 55.1 Å². The number of rotatable bonds is 7. The third-order valence-electron chi connectivity index (χ3n) is 4.76. The summed E-state index contributed by atoms with van der Waals surface area (Å²) in [7, 11) is -0.894. The second kappa shape index (κ2) is 9.23. The van der Waals surface area contributed by atoms with Crippen molar-refractivity contribution < 1.29 is 32.5 Å². The van der Waals surface area contributed by atoms with Crippen molar-refractivity contribution in [1.29, 1.82) is 0 Å². The van der Waals surface area contributed by atoms with Crippen LogP contribution in [0.4, 0.5) is 0 Å². The number of nitrogens with zero attached hydrogens (tertiary/aromatic N) is 2. The maximum Gasteiger partial charge on any atom is 0.260 e. The van der Waals surface area contributed by atoms with Crippen LogP contribution < -0.4 is 14.2 Å². The van der Waals surface area contributed by atoms with Gasteiger partial charge in [0.15, 0.2) is 6.61 Å². The average molecular weight is 436 g/mol. The Hall–Kier alpha value is -2.98. The first-order valence-electron chi connectivity index (χ1n) is 9.27. The standard InChI is InChI=1S/C20H24N2O7S/c1-27-16-6-7-19(18(13-16)28-2)30(25,26)22-10-8-21(9-11-22)20(24)14-29-17-5-3-4-15(23)12-17/h3-7,12-13,23H,8-11,14H2,1-2H3. The number of aromatic hydroxyl groups is 1. The second-order valence-electron chi connectivity index (χ2n) is 6.59. The Bertz CT molecular complexity index is 1000. The third-order valence-corrected chi connectivity index (χ3v) is 6.70. The molecule has 1 fully saturated rings. The second-order valence-corrected chi connectivity index (χ2v) is 8.49. The Balaban J connectivity index is 1.61. The number of methoxy groups -OCH3 is 2. The van der Waals surface area contributed by atoms with Crippen molar-refractivity contribution in [3.63, 3.8) is 0 Å². The number of carbonyl (C=O) groups is 1. The molecule has 0 aromatic heterocycles. The molecule has 3 rings (SSSR count). The molecule has 1 aliphatic rings. The van der Waals surface area contributed by atoms with Crippen LogP contribution >= 0.6 is 0 Å². The van der Waals surface area contributed by atoms with Gasteiger partial charge in [0.1, 0.15) is 27.9 Å². The molecule has 1 N–H and O–H groups in total. The number of piperazine rings is 1. The number of sulfonamides is 1. The summed E-state index contributed by atoms with van der Waals surface area (Å²) >= 11 is 0.